The SMILES string of the molecule is Cc1cn(COCCS(C)(C)C)c2nccc(Oc3ccc(CC(CNC(=O)OC(C)(C)C)C(=O)NCCCN(C)C)cc3F)c12. The summed E-state index contributed by atoms with van der Waals surface area (Å²) in [5.74, 6) is 0.154. The molecule has 2 heterocycles. The number of carbonyl (C=O) groups excluding carboxylic acids is 2. The Bertz CT molecular complexity index is 1460. The molecule has 0 bridgehead atoms. The first-order valence-electron chi connectivity index (χ1n) is 15.6. The van der Waals surface area contributed by atoms with Gasteiger partial charge in [-0.25, -0.2) is 24.2 Å². The van der Waals surface area contributed by atoms with Gasteiger partial charge in [-0.2, -0.15) is 0 Å². The molecule has 1 unspecified atom stereocenters. The number of nitrogens with one attached hydrogen (secondary N) is 2. The first kappa shape index (κ1) is 37.1. The third-order valence-electron chi connectivity index (χ3n) is 7.02. The number of aryl methyl sites for hydroxylation is 1. The molecule has 2 N–H and O–H groups in total. The maximum Gasteiger partial charge on any atom is 0.407 e. The lowest BCUT2D eigenvalue weighted by Gasteiger charge is -2.24. The Morgan fingerprint density at radius 2 is 1.85 bits per heavy atom. The number of hydrogen-bond donors (Lipinski definition) is 2. The van der Waals surface area contributed by atoms with E-state index in [1.165, 1.54) is 6.07 Å². The molecule has 1 atom stereocenters. The van der Waals surface area contributed by atoms with Crippen LogP contribution in [-0.4, -0.2) is 96.9 Å². The van der Waals surface area contributed by atoms with Crippen LogP contribution in [0, 0.1) is 18.7 Å². The fraction of sp³-hybridized carbons (Fsp3) is 0.559. The second-order valence-electron chi connectivity index (χ2n) is 13.7. The van der Waals surface area contributed by atoms with Gasteiger partial charge in [0.05, 0.1) is 17.9 Å². The summed E-state index contributed by atoms with van der Waals surface area (Å²) in [5, 5.41) is 6.42. The lowest BCUT2D eigenvalue weighted by molar-refractivity contribution is -0.124. The minimum Gasteiger partial charge on any atom is -0.453 e. The number of alkyl carbamates (subject to hydrolysis) is 1. The summed E-state index contributed by atoms with van der Waals surface area (Å²) < 4.78 is 34.7. The van der Waals surface area contributed by atoms with E-state index >= 15 is 4.39 Å². The highest BCUT2D eigenvalue weighted by Gasteiger charge is 2.23. The maximum absolute atomic E-state index is 15.5. The Kier molecular flexibility index (Phi) is 13.3. The number of ether oxygens (including phenoxy) is 3. The number of carbonyl (C=O) groups is 2. The summed E-state index contributed by atoms with van der Waals surface area (Å²) >= 11 is 0. The summed E-state index contributed by atoms with van der Waals surface area (Å²) in [6.07, 6.45) is 10.8. The molecule has 0 saturated heterocycles. The van der Waals surface area contributed by atoms with Crippen LogP contribution >= 0.6 is 10.0 Å². The lowest BCUT2D eigenvalue weighted by Crippen LogP contribution is -2.42. The van der Waals surface area contributed by atoms with Crippen molar-refractivity contribution in [1.82, 2.24) is 25.1 Å². The van der Waals surface area contributed by atoms with Gasteiger partial charge in [0, 0.05) is 31.2 Å². The van der Waals surface area contributed by atoms with Gasteiger partial charge in [0.1, 0.15) is 23.7 Å². The van der Waals surface area contributed by atoms with Crippen LogP contribution in [0.5, 0.6) is 11.5 Å². The van der Waals surface area contributed by atoms with E-state index in [9.17, 15) is 9.59 Å². The first-order chi connectivity index (χ1) is 21.5. The predicted octanol–water partition coefficient (Wildman–Crippen LogP) is 5.70. The van der Waals surface area contributed by atoms with Gasteiger partial charge in [-0.1, -0.05) is 6.07 Å². The van der Waals surface area contributed by atoms with Gasteiger partial charge in [0.25, 0.3) is 0 Å². The highest BCUT2D eigenvalue weighted by molar-refractivity contribution is 8.32. The van der Waals surface area contributed by atoms with Crippen molar-refractivity contribution < 1.29 is 28.2 Å². The van der Waals surface area contributed by atoms with Crippen LogP contribution in [0.25, 0.3) is 11.0 Å². The zero-order valence-corrected chi connectivity index (χ0v) is 29.7. The summed E-state index contributed by atoms with van der Waals surface area (Å²) in [5.41, 5.74) is 1.57. The Morgan fingerprint density at radius 3 is 2.50 bits per heavy atom. The average Bonchev–Trinajstić information content (AvgIpc) is 3.27. The molecule has 0 fully saturated rings. The Labute approximate surface area is 274 Å². The van der Waals surface area contributed by atoms with Crippen LogP contribution in [0.1, 0.15) is 38.3 Å². The number of rotatable bonds is 16. The molecule has 0 aliphatic heterocycles. The van der Waals surface area contributed by atoms with Crippen molar-refractivity contribution >= 4 is 33.1 Å². The fourth-order valence-electron chi connectivity index (χ4n) is 4.72. The minimum absolute atomic E-state index is 0.0423. The fourth-order valence-corrected chi connectivity index (χ4v) is 5.34. The third-order valence-corrected chi connectivity index (χ3v) is 8.41. The molecule has 0 aliphatic rings. The number of aromatic nitrogens is 2. The number of hydrogen-bond acceptors (Lipinski definition) is 7. The Hall–Kier alpha value is -3.35. The van der Waals surface area contributed by atoms with E-state index in [0.717, 1.165) is 29.7 Å². The number of fused-ring (bicyclic) bond motifs is 1. The molecular formula is C34H52FN5O5S. The highest BCUT2D eigenvalue weighted by Crippen LogP contribution is 2.35. The van der Waals surface area contributed by atoms with Crippen LogP contribution < -0.4 is 15.4 Å². The molecule has 3 rings (SSSR count). The summed E-state index contributed by atoms with van der Waals surface area (Å²) in [6.45, 7) is 9.67. The average molecular weight is 662 g/mol. The van der Waals surface area contributed by atoms with Gasteiger partial charge < -0.3 is 34.3 Å². The lowest BCUT2D eigenvalue weighted by atomic mass is 9.98. The van der Waals surface area contributed by atoms with Crippen molar-refractivity contribution in [1.29, 1.82) is 0 Å². The molecule has 0 aliphatic carbocycles. The van der Waals surface area contributed by atoms with Gasteiger partial charge in [-0.15, -0.1) is 0 Å². The quantitative estimate of drug-likeness (QED) is 0.190. The minimum atomic E-state index is -0.671. The van der Waals surface area contributed by atoms with E-state index in [-0.39, 0.29) is 24.6 Å². The van der Waals surface area contributed by atoms with E-state index in [1.54, 1.807) is 45.2 Å². The molecule has 256 valence electrons. The van der Waals surface area contributed by atoms with Crippen molar-refractivity contribution in [3.8, 4) is 11.5 Å². The van der Waals surface area contributed by atoms with Crippen molar-refractivity contribution in [2.45, 2.75) is 52.9 Å². The van der Waals surface area contributed by atoms with E-state index in [0.29, 0.717) is 36.8 Å². The van der Waals surface area contributed by atoms with E-state index in [4.69, 9.17) is 14.2 Å². The molecule has 1 aromatic carbocycles. The molecule has 2 amide bonds. The zero-order chi connectivity index (χ0) is 34.1. The second-order valence-corrected chi connectivity index (χ2v) is 18.3. The van der Waals surface area contributed by atoms with Crippen molar-refractivity contribution in [3.63, 3.8) is 0 Å². The first-order valence-corrected chi connectivity index (χ1v) is 18.6. The van der Waals surface area contributed by atoms with Crippen LogP contribution in [0.2, 0.25) is 0 Å². The number of halogens is 1. The summed E-state index contributed by atoms with van der Waals surface area (Å²) in [7, 11) is 3.30. The van der Waals surface area contributed by atoms with Crippen molar-refractivity contribution in [2.24, 2.45) is 5.92 Å². The summed E-state index contributed by atoms with van der Waals surface area (Å²) in [4.78, 5) is 32.0. The normalized spacial score (nSPS) is 13.1. The largest absolute Gasteiger partial charge is 0.453 e. The van der Waals surface area contributed by atoms with E-state index in [1.807, 2.05) is 36.7 Å². The van der Waals surface area contributed by atoms with Crippen LogP contribution in [-0.2, 0) is 27.4 Å². The van der Waals surface area contributed by atoms with E-state index < -0.39 is 33.5 Å². The molecule has 0 saturated carbocycles. The van der Waals surface area contributed by atoms with Gasteiger partial charge in [-0.3, -0.25) is 4.79 Å². The Balaban J connectivity index is 1.73. The van der Waals surface area contributed by atoms with Gasteiger partial charge >= 0.3 is 6.09 Å². The van der Waals surface area contributed by atoms with Crippen molar-refractivity contribution in [2.75, 3.05) is 64.9 Å². The van der Waals surface area contributed by atoms with Gasteiger partial charge in [-0.05, 0) is 109 Å². The summed E-state index contributed by atoms with van der Waals surface area (Å²) in [6, 6.07) is 6.39. The molecule has 0 radical (unpaired) electrons. The van der Waals surface area contributed by atoms with Crippen LogP contribution in [0.15, 0.2) is 36.7 Å². The topological polar surface area (TPSA) is 107 Å². The van der Waals surface area contributed by atoms with Gasteiger partial charge in [0.2, 0.25) is 5.91 Å². The maximum atomic E-state index is 15.5. The highest BCUT2D eigenvalue weighted by atomic mass is 32.3. The predicted molar refractivity (Wildman–Crippen MR) is 185 cm³/mol. The number of amides is 2. The third kappa shape index (κ3) is 12.1. The molecule has 12 heteroatoms. The number of benzene rings is 1. The van der Waals surface area contributed by atoms with Crippen LogP contribution in [0.4, 0.5) is 9.18 Å². The monoisotopic (exact) mass is 661 g/mol. The molecule has 3 aromatic rings. The molecule has 2 aromatic heterocycles. The molecular weight excluding hydrogens is 609 g/mol. The molecule has 46 heavy (non-hydrogen) atoms. The number of pyridine rings is 1. The van der Waals surface area contributed by atoms with Crippen molar-refractivity contribution in [3.05, 3.63) is 53.6 Å². The Morgan fingerprint density at radius 1 is 1.11 bits per heavy atom. The molecule has 10 nitrogen and oxygen atoms in total. The number of nitrogens with zero attached hydrogens (tertiary/aromatic N) is 3. The van der Waals surface area contributed by atoms with Gasteiger partial charge in [0.15, 0.2) is 11.6 Å². The smallest absolute Gasteiger partial charge is 0.407 e. The van der Waals surface area contributed by atoms with E-state index in [2.05, 4.69) is 34.4 Å². The van der Waals surface area contributed by atoms with Crippen LogP contribution in [0.3, 0.4) is 0 Å². The molecule has 0 spiro atoms. The second kappa shape index (κ2) is 16.5. The standard InChI is InChI=1S/C34H52FN5O5S/c1-24-22-40(23-43-17-18-46(7,8)9)31-30(24)29(13-15-36-31)44-28-12-11-25(20-27(28)35)19-26(21-38-33(42)45-34(2,3)4)32(41)37-14-10-16-39(5)6/h11-13,15,20,22,26H,10,14,16-19,21,23H2,1-9H3,(H,37,41)(H,38,42). The zero-order valence-electron chi connectivity index (χ0n) is 28.9.